The molecule has 0 aliphatic carbocycles. The van der Waals surface area contributed by atoms with E-state index in [2.05, 4.69) is 38.2 Å². The van der Waals surface area contributed by atoms with Crippen molar-refractivity contribution in [2.45, 2.75) is 52.4 Å². The van der Waals surface area contributed by atoms with Crippen LogP contribution in [-0.2, 0) is 22.4 Å². The third-order valence-corrected chi connectivity index (χ3v) is 6.88. The lowest BCUT2D eigenvalue weighted by Crippen LogP contribution is -2.43. The summed E-state index contributed by atoms with van der Waals surface area (Å²) < 4.78 is 19.5. The van der Waals surface area contributed by atoms with Crippen LogP contribution in [0.15, 0.2) is 47.1 Å². The minimum Gasteiger partial charge on any atom is -0.464 e. The normalized spacial score (nSPS) is 14.7. The molecule has 1 aromatic heterocycles. The van der Waals surface area contributed by atoms with Gasteiger partial charge in [-0.25, -0.2) is 4.39 Å². The molecule has 2 amide bonds. The SMILES string of the molecule is Cc1cc2occ(CC(=O)N3CCC(C(=O)NCCc4ccccc4F)CC3)c2cc1C(C)C. The fourth-order valence-electron chi connectivity index (χ4n) is 4.84. The molecule has 1 aliphatic heterocycles. The highest BCUT2D eigenvalue weighted by molar-refractivity contribution is 5.89. The maximum absolute atomic E-state index is 13.7. The average Bonchev–Trinajstić information content (AvgIpc) is 3.20. The smallest absolute Gasteiger partial charge is 0.227 e. The van der Waals surface area contributed by atoms with Gasteiger partial charge in [0.1, 0.15) is 11.4 Å². The van der Waals surface area contributed by atoms with E-state index in [1.54, 1.807) is 24.5 Å². The second-order valence-corrected chi connectivity index (χ2v) is 9.58. The number of rotatable bonds is 7. The maximum Gasteiger partial charge on any atom is 0.227 e. The molecule has 1 N–H and O–H groups in total. The Morgan fingerprint density at radius 1 is 1.15 bits per heavy atom. The Labute approximate surface area is 200 Å². The fraction of sp³-hybridized carbons (Fsp3) is 0.429. The van der Waals surface area contributed by atoms with Gasteiger partial charge in [0.25, 0.3) is 0 Å². The lowest BCUT2D eigenvalue weighted by Gasteiger charge is -2.31. The number of carbonyl (C=O) groups is 2. The Balaban J connectivity index is 1.28. The highest BCUT2D eigenvalue weighted by Gasteiger charge is 2.27. The predicted octanol–water partition coefficient (Wildman–Crippen LogP) is 5.14. The van der Waals surface area contributed by atoms with E-state index in [-0.39, 0.29) is 23.5 Å². The van der Waals surface area contributed by atoms with Gasteiger partial charge in [0.15, 0.2) is 0 Å². The summed E-state index contributed by atoms with van der Waals surface area (Å²) >= 11 is 0. The topological polar surface area (TPSA) is 62.6 Å². The van der Waals surface area contributed by atoms with Crippen LogP contribution in [0.3, 0.4) is 0 Å². The van der Waals surface area contributed by atoms with E-state index < -0.39 is 0 Å². The predicted molar refractivity (Wildman–Crippen MR) is 131 cm³/mol. The van der Waals surface area contributed by atoms with E-state index in [0.29, 0.717) is 56.8 Å². The summed E-state index contributed by atoms with van der Waals surface area (Å²) in [7, 11) is 0. The zero-order chi connectivity index (χ0) is 24.2. The molecule has 1 fully saturated rings. The van der Waals surface area contributed by atoms with Gasteiger partial charge in [-0.3, -0.25) is 9.59 Å². The highest BCUT2D eigenvalue weighted by atomic mass is 19.1. The lowest BCUT2D eigenvalue weighted by atomic mass is 9.94. The van der Waals surface area contributed by atoms with E-state index in [9.17, 15) is 14.0 Å². The molecular formula is C28H33FN2O3. The van der Waals surface area contributed by atoms with Crippen molar-refractivity contribution in [2.24, 2.45) is 5.92 Å². The van der Waals surface area contributed by atoms with E-state index >= 15 is 0 Å². The number of likely N-dealkylation sites (tertiary alicyclic amines) is 1. The van der Waals surface area contributed by atoms with Gasteiger partial charge in [0, 0.05) is 36.5 Å². The van der Waals surface area contributed by atoms with E-state index in [4.69, 9.17) is 4.42 Å². The molecule has 2 aromatic carbocycles. The van der Waals surface area contributed by atoms with Crippen LogP contribution in [0, 0.1) is 18.7 Å². The van der Waals surface area contributed by atoms with Crippen molar-refractivity contribution in [1.29, 1.82) is 0 Å². The molecule has 34 heavy (non-hydrogen) atoms. The summed E-state index contributed by atoms with van der Waals surface area (Å²) in [5, 5.41) is 3.93. The highest BCUT2D eigenvalue weighted by Crippen LogP contribution is 2.29. The Kier molecular flexibility index (Phi) is 7.35. The molecule has 0 spiro atoms. The third kappa shape index (κ3) is 5.32. The van der Waals surface area contributed by atoms with Crippen LogP contribution >= 0.6 is 0 Å². The molecule has 2 heterocycles. The molecule has 0 unspecified atom stereocenters. The number of hydrogen-bond acceptors (Lipinski definition) is 3. The summed E-state index contributed by atoms with van der Waals surface area (Å²) in [6.07, 6.45) is 3.74. The molecule has 1 saturated heterocycles. The van der Waals surface area contributed by atoms with Gasteiger partial charge in [-0.1, -0.05) is 32.0 Å². The number of hydrogen-bond donors (Lipinski definition) is 1. The second-order valence-electron chi connectivity index (χ2n) is 9.58. The first-order valence-corrected chi connectivity index (χ1v) is 12.1. The number of benzene rings is 2. The second kappa shape index (κ2) is 10.4. The molecule has 5 nitrogen and oxygen atoms in total. The van der Waals surface area contributed by atoms with Gasteiger partial charge < -0.3 is 14.6 Å². The maximum atomic E-state index is 13.7. The quantitative estimate of drug-likeness (QED) is 0.526. The van der Waals surface area contributed by atoms with Gasteiger partial charge in [-0.2, -0.15) is 0 Å². The van der Waals surface area contributed by atoms with Crippen molar-refractivity contribution >= 4 is 22.8 Å². The Bertz CT molecular complexity index is 1180. The molecule has 3 aromatic rings. The summed E-state index contributed by atoms with van der Waals surface area (Å²) in [6.45, 7) is 7.96. The van der Waals surface area contributed by atoms with Crippen LogP contribution in [0.2, 0.25) is 0 Å². The number of furan rings is 1. The molecule has 0 saturated carbocycles. The molecule has 4 rings (SSSR count). The van der Waals surface area contributed by atoms with E-state index in [1.807, 2.05) is 4.90 Å². The first-order chi connectivity index (χ1) is 16.3. The van der Waals surface area contributed by atoms with Crippen LogP contribution in [0.5, 0.6) is 0 Å². The average molecular weight is 465 g/mol. The first kappa shape index (κ1) is 24.0. The van der Waals surface area contributed by atoms with Gasteiger partial charge >= 0.3 is 0 Å². The van der Waals surface area contributed by atoms with E-state index in [0.717, 1.165) is 16.5 Å². The van der Waals surface area contributed by atoms with Crippen molar-refractivity contribution < 1.29 is 18.4 Å². The van der Waals surface area contributed by atoms with Crippen LogP contribution in [0.1, 0.15) is 54.9 Å². The minimum absolute atomic E-state index is 0.0131. The van der Waals surface area contributed by atoms with Crippen molar-refractivity contribution in [2.75, 3.05) is 19.6 Å². The van der Waals surface area contributed by atoms with Crippen molar-refractivity contribution in [3.63, 3.8) is 0 Å². The fourth-order valence-corrected chi connectivity index (χ4v) is 4.84. The molecule has 6 heteroatoms. The van der Waals surface area contributed by atoms with Gasteiger partial charge in [0.05, 0.1) is 12.7 Å². The number of fused-ring (bicyclic) bond motifs is 1. The molecule has 0 radical (unpaired) electrons. The summed E-state index contributed by atoms with van der Waals surface area (Å²) in [4.78, 5) is 27.4. The van der Waals surface area contributed by atoms with E-state index in [1.165, 1.54) is 17.2 Å². The molecule has 1 aliphatic rings. The summed E-state index contributed by atoms with van der Waals surface area (Å²) in [6, 6.07) is 10.8. The number of nitrogens with zero attached hydrogens (tertiary/aromatic N) is 1. The zero-order valence-corrected chi connectivity index (χ0v) is 20.2. The van der Waals surface area contributed by atoms with Crippen LogP contribution in [0.4, 0.5) is 4.39 Å². The van der Waals surface area contributed by atoms with Crippen molar-refractivity contribution in [1.82, 2.24) is 10.2 Å². The molecule has 180 valence electrons. The van der Waals surface area contributed by atoms with Gasteiger partial charge in [-0.05, 0) is 67.0 Å². The minimum atomic E-state index is -0.246. The number of nitrogens with one attached hydrogen (secondary N) is 1. The number of aryl methyl sites for hydroxylation is 1. The van der Waals surface area contributed by atoms with Crippen molar-refractivity contribution in [3.8, 4) is 0 Å². The molecule has 0 bridgehead atoms. The number of carbonyl (C=O) groups excluding carboxylic acids is 2. The number of halogens is 1. The summed E-state index contributed by atoms with van der Waals surface area (Å²) in [5.41, 5.74) is 4.80. The van der Waals surface area contributed by atoms with Crippen LogP contribution < -0.4 is 5.32 Å². The first-order valence-electron chi connectivity index (χ1n) is 12.1. The van der Waals surface area contributed by atoms with Gasteiger partial charge in [0.2, 0.25) is 11.8 Å². The number of amides is 2. The molecule has 0 atom stereocenters. The molecular weight excluding hydrogens is 431 g/mol. The standard InChI is InChI=1S/C28H33FN2O3/c1-18(2)23-16-24-22(17-34-26(24)14-19(23)3)15-27(32)31-12-9-21(10-13-31)28(33)30-11-8-20-6-4-5-7-25(20)29/h4-7,14,16-18,21H,8-13,15H2,1-3H3,(H,30,33). The van der Waals surface area contributed by atoms with Crippen LogP contribution in [0.25, 0.3) is 11.0 Å². The number of piperidine rings is 1. The lowest BCUT2D eigenvalue weighted by molar-refractivity contribution is -0.135. The Hall–Kier alpha value is -3.15. The Morgan fingerprint density at radius 2 is 1.88 bits per heavy atom. The van der Waals surface area contributed by atoms with Crippen molar-refractivity contribution in [3.05, 3.63) is 70.7 Å². The Morgan fingerprint density at radius 3 is 2.59 bits per heavy atom. The van der Waals surface area contributed by atoms with Gasteiger partial charge in [-0.15, -0.1) is 0 Å². The zero-order valence-electron chi connectivity index (χ0n) is 20.2. The third-order valence-electron chi connectivity index (χ3n) is 6.88. The monoisotopic (exact) mass is 464 g/mol. The van der Waals surface area contributed by atoms with Crippen LogP contribution in [-0.4, -0.2) is 36.3 Å². The summed E-state index contributed by atoms with van der Waals surface area (Å²) in [5.74, 6) is 0.0916. The largest absolute Gasteiger partial charge is 0.464 e.